The van der Waals surface area contributed by atoms with Crippen molar-refractivity contribution in [2.75, 3.05) is 14.1 Å². The van der Waals surface area contributed by atoms with Crippen molar-refractivity contribution in [2.24, 2.45) is 11.8 Å². The highest BCUT2D eigenvalue weighted by atomic mass is 28.2. The van der Waals surface area contributed by atoms with Crippen LogP contribution in [0.15, 0.2) is 0 Å². The lowest BCUT2D eigenvalue weighted by atomic mass is 10.0. The molecule has 3 unspecified atom stereocenters. The molecule has 0 aromatic rings. The Kier molecular flexibility index (Phi) is 2.06. The summed E-state index contributed by atoms with van der Waals surface area (Å²) in [4.78, 5) is 0. The van der Waals surface area contributed by atoms with Crippen LogP contribution in [0.1, 0.15) is 25.7 Å². The zero-order valence-electron chi connectivity index (χ0n) is 7.51. The van der Waals surface area contributed by atoms with Crippen LogP contribution in [0, 0.1) is 11.8 Å². The summed E-state index contributed by atoms with van der Waals surface area (Å²) < 4.78 is 2.38. The summed E-state index contributed by atoms with van der Waals surface area (Å²) in [5.74, 6) is 2.23. The third-order valence-electron chi connectivity index (χ3n) is 3.16. The van der Waals surface area contributed by atoms with Gasteiger partial charge in [0.25, 0.3) is 0 Å². The number of hydrogen-bond acceptors (Lipinski definition) is 1. The van der Waals surface area contributed by atoms with Crippen LogP contribution >= 0.6 is 0 Å². The molecule has 0 aliphatic heterocycles. The Hall–Kier alpha value is 0.177. The molecule has 2 bridgehead atoms. The Labute approximate surface area is 72.1 Å². The van der Waals surface area contributed by atoms with E-state index in [1.807, 2.05) is 0 Å². The molecule has 2 fully saturated rings. The first-order chi connectivity index (χ1) is 5.25. The summed E-state index contributed by atoms with van der Waals surface area (Å²) >= 11 is 0. The Morgan fingerprint density at radius 2 is 2.00 bits per heavy atom. The average Bonchev–Trinajstić information content (AvgIpc) is 2.45. The van der Waals surface area contributed by atoms with Crippen molar-refractivity contribution in [1.29, 1.82) is 0 Å². The van der Waals surface area contributed by atoms with Crippen molar-refractivity contribution in [3.63, 3.8) is 0 Å². The quantitative estimate of drug-likeness (QED) is 0.567. The van der Waals surface area contributed by atoms with Gasteiger partial charge in [-0.3, -0.25) is 0 Å². The molecule has 0 amide bonds. The molecule has 2 saturated carbocycles. The Morgan fingerprint density at radius 1 is 1.18 bits per heavy atom. The highest BCUT2D eigenvalue weighted by Gasteiger charge is 2.39. The van der Waals surface area contributed by atoms with E-state index in [9.17, 15) is 0 Å². The summed E-state index contributed by atoms with van der Waals surface area (Å²) in [6.07, 6.45) is 6.18. The van der Waals surface area contributed by atoms with Gasteiger partial charge in [-0.15, -0.1) is 0 Å². The maximum atomic E-state index is 2.38. The fourth-order valence-electron chi connectivity index (χ4n) is 2.73. The van der Waals surface area contributed by atoms with Crippen LogP contribution in [-0.4, -0.2) is 28.3 Å². The van der Waals surface area contributed by atoms with Crippen LogP contribution in [-0.2, 0) is 0 Å². The number of rotatable bonds is 2. The van der Waals surface area contributed by atoms with Crippen molar-refractivity contribution < 1.29 is 0 Å². The average molecular weight is 167 g/mol. The lowest BCUT2D eigenvalue weighted by molar-refractivity contribution is 0.461. The van der Waals surface area contributed by atoms with Gasteiger partial charge in [0.05, 0.1) is 0 Å². The standard InChI is InChI=1S/C9H17NSi/c1-10(2)11-9-6-7-3-4-8(9)5-7/h7-9H,3-6H2,1-2H3. The number of hydrogen-bond donors (Lipinski definition) is 0. The maximum absolute atomic E-state index is 2.38. The third-order valence-corrected chi connectivity index (χ3v) is 4.72. The van der Waals surface area contributed by atoms with E-state index in [1.54, 1.807) is 19.3 Å². The Balaban J connectivity index is 1.87. The smallest absolute Gasteiger partial charge is 0.145 e. The minimum atomic E-state index is 1.07. The molecule has 62 valence electrons. The first-order valence-corrected chi connectivity index (χ1v) is 5.71. The van der Waals surface area contributed by atoms with Crippen LogP contribution in [0.5, 0.6) is 0 Å². The lowest BCUT2D eigenvalue weighted by Crippen LogP contribution is -2.25. The molecule has 0 aromatic heterocycles. The predicted octanol–water partition coefficient (Wildman–Crippen LogP) is 1.78. The van der Waals surface area contributed by atoms with E-state index in [2.05, 4.69) is 18.7 Å². The molecular formula is C9H17NSi. The summed E-state index contributed by atoms with van der Waals surface area (Å²) in [5, 5.41) is 0. The SMILES string of the molecule is CN(C)[Si]C1CC2CCC1C2. The largest absolute Gasteiger partial charge is 0.331 e. The van der Waals surface area contributed by atoms with Crippen LogP contribution < -0.4 is 0 Å². The number of fused-ring (bicyclic) bond motifs is 2. The van der Waals surface area contributed by atoms with Crippen molar-refractivity contribution in [2.45, 2.75) is 31.2 Å². The Bertz CT molecular complexity index is 146. The maximum Gasteiger partial charge on any atom is 0.145 e. The summed E-state index contributed by atoms with van der Waals surface area (Å²) in [7, 11) is 5.52. The molecule has 2 rings (SSSR count). The van der Waals surface area contributed by atoms with Crippen LogP contribution in [0.25, 0.3) is 0 Å². The normalized spacial score (nSPS) is 42.3. The van der Waals surface area contributed by atoms with Gasteiger partial charge in [0.1, 0.15) is 9.68 Å². The van der Waals surface area contributed by atoms with Gasteiger partial charge in [0, 0.05) is 0 Å². The van der Waals surface area contributed by atoms with Gasteiger partial charge >= 0.3 is 0 Å². The van der Waals surface area contributed by atoms with Crippen LogP contribution in [0.3, 0.4) is 0 Å². The molecule has 0 aromatic carbocycles. The lowest BCUT2D eigenvalue weighted by Gasteiger charge is -2.23. The molecule has 0 spiro atoms. The van der Waals surface area contributed by atoms with E-state index in [0.29, 0.717) is 0 Å². The van der Waals surface area contributed by atoms with Gasteiger partial charge in [0.15, 0.2) is 0 Å². The predicted molar refractivity (Wildman–Crippen MR) is 48.6 cm³/mol. The van der Waals surface area contributed by atoms with Gasteiger partial charge in [0.2, 0.25) is 0 Å². The molecule has 2 aliphatic rings. The van der Waals surface area contributed by atoms with Gasteiger partial charge < -0.3 is 4.57 Å². The molecule has 3 atom stereocenters. The molecule has 2 aliphatic carbocycles. The minimum absolute atomic E-state index is 1.07. The van der Waals surface area contributed by atoms with E-state index < -0.39 is 0 Å². The zero-order chi connectivity index (χ0) is 7.84. The van der Waals surface area contributed by atoms with Crippen LogP contribution in [0.2, 0.25) is 5.54 Å². The van der Waals surface area contributed by atoms with E-state index in [4.69, 9.17) is 0 Å². The topological polar surface area (TPSA) is 3.24 Å². The number of nitrogens with zero attached hydrogens (tertiary/aromatic N) is 1. The van der Waals surface area contributed by atoms with Gasteiger partial charge in [-0.1, -0.05) is 12.8 Å². The van der Waals surface area contributed by atoms with E-state index in [1.165, 1.54) is 6.42 Å². The molecule has 2 heteroatoms. The van der Waals surface area contributed by atoms with Gasteiger partial charge in [-0.25, -0.2) is 0 Å². The van der Waals surface area contributed by atoms with Gasteiger partial charge in [-0.05, 0) is 44.3 Å². The van der Waals surface area contributed by atoms with Gasteiger partial charge in [-0.2, -0.15) is 0 Å². The molecular weight excluding hydrogens is 150 g/mol. The fraction of sp³-hybridized carbons (Fsp3) is 1.00. The highest BCUT2D eigenvalue weighted by molar-refractivity contribution is 6.34. The Morgan fingerprint density at radius 3 is 2.45 bits per heavy atom. The highest BCUT2D eigenvalue weighted by Crippen LogP contribution is 2.51. The van der Waals surface area contributed by atoms with Crippen molar-refractivity contribution in [1.82, 2.24) is 4.57 Å². The molecule has 1 nitrogen and oxygen atoms in total. The third kappa shape index (κ3) is 1.52. The summed E-state index contributed by atoms with van der Waals surface area (Å²) in [6.45, 7) is 0. The van der Waals surface area contributed by atoms with E-state index in [0.717, 1.165) is 27.1 Å². The monoisotopic (exact) mass is 167 g/mol. The molecule has 0 N–H and O–H groups in total. The van der Waals surface area contributed by atoms with Crippen molar-refractivity contribution in [3.05, 3.63) is 0 Å². The second-order valence-corrected chi connectivity index (χ2v) is 6.20. The second kappa shape index (κ2) is 2.90. The molecule has 0 saturated heterocycles. The van der Waals surface area contributed by atoms with E-state index in [-0.39, 0.29) is 0 Å². The summed E-state index contributed by atoms with van der Waals surface area (Å²) in [5.41, 5.74) is 1.07. The minimum Gasteiger partial charge on any atom is -0.331 e. The zero-order valence-corrected chi connectivity index (χ0v) is 8.51. The first-order valence-electron chi connectivity index (χ1n) is 4.69. The van der Waals surface area contributed by atoms with Crippen molar-refractivity contribution in [3.8, 4) is 0 Å². The van der Waals surface area contributed by atoms with Crippen LogP contribution in [0.4, 0.5) is 0 Å². The van der Waals surface area contributed by atoms with Crippen molar-refractivity contribution >= 4 is 9.68 Å². The summed E-state index contributed by atoms with van der Waals surface area (Å²) in [6, 6.07) is 0. The second-order valence-electron chi connectivity index (χ2n) is 4.30. The molecule has 2 radical (unpaired) electrons. The van der Waals surface area contributed by atoms with E-state index >= 15 is 0 Å². The fourth-order valence-corrected chi connectivity index (χ4v) is 4.35. The molecule has 0 heterocycles. The molecule has 11 heavy (non-hydrogen) atoms. The first kappa shape index (κ1) is 7.81.